The summed E-state index contributed by atoms with van der Waals surface area (Å²) in [7, 11) is 1.46. The summed E-state index contributed by atoms with van der Waals surface area (Å²) in [6, 6.07) is 0.650. The number of likely N-dealkylation sites (tertiary alicyclic amines) is 1. The lowest BCUT2D eigenvalue weighted by atomic mass is 10.0. The van der Waals surface area contributed by atoms with Gasteiger partial charge in [-0.05, 0) is 25.3 Å². The standard InChI is InChI=1S/C12H23NO2/c1-9(2)11-6-5-7-13(11)8-10(3)12(14)15-4/h9-11H,5-8H2,1-4H3. The second kappa shape index (κ2) is 5.50. The lowest BCUT2D eigenvalue weighted by Crippen LogP contribution is -2.38. The lowest BCUT2D eigenvalue weighted by Gasteiger charge is -2.29. The molecule has 15 heavy (non-hydrogen) atoms. The van der Waals surface area contributed by atoms with Crippen molar-refractivity contribution in [3.05, 3.63) is 0 Å². The summed E-state index contributed by atoms with van der Waals surface area (Å²) in [5.74, 6) is 0.580. The summed E-state index contributed by atoms with van der Waals surface area (Å²) < 4.78 is 4.75. The number of nitrogens with zero attached hydrogens (tertiary/aromatic N) is 1. The van der Waals surface area contributed by atoms with Crippen LogP contribution in [0.5, 0.6) is 0 Å². The van der Waals surface area contributed by atoms with Gasteiger partial charge in [0.05, 0.1) is 13.0 Å². The van der Waals surface area contributed by atoms with Crippen molar-refractivity contribution in [1.82, 2.24) is 4.90 Å². The quantitative estimate of drug-likeness (QED) is 0.668. The van der Waals surface area contributed by atoms with Crippen molar-refractivity contribution in [2.45, 2.75) is 39.7 Å². The van der Waals surface area contributed by atoms with Gasteiger partial charge in [0.15, 0.2) is 0 Å². The van der Waals surface area contributed by atoms with Crippen molar-refractivity contribution in [2.24, 2.45) is 11.8 Å². The molecular formula is C12H23NO2. The van der Waals surface area contributed by atoms with E-state index in [-0.39, 0.29) is 11.9 Å². The molecule has 1 fully saturated rings. The van der Waals surface area contributed by atoms with Gasteiger partial charge in [-0.15, -0.1) is 0 Å². The predicted octanol–water partition coefficient (Wildman–Crippen LogP) is 1.92. The van der Waals surface area contributed by atoms with Gasteiger partial charge in [0.25, 0.3) is 0 Å². The highest BCUT2D eigenvalue weighted by Crippen LogP contribution is 2.24. The summed E-state index contributed by atoms with van der Waals surface area (Å²) in [5.41, 5.74) is 0. The molecular weight excluding hydrogens is 190 g/mol. The van der Waals surface area contributed by atoms with Gasteiger partial charge in [-0.3, -0.25) is 9.69 Å². The van der Waals surface area contributed by atoms with Gasteiger partial charge in [0.2, 0.25) is 0 Å². The molecule has 1 heterocycles. The molecule has 0 spiro atoms. The van der Waals surface area contributed by atoms with E-state index in [2.05, 4.69) is 18.7 Å². The maximum absolute atomic E-state index is 11.3. The first-order valence-electron chi connectivity index (χ1n) is 5.88. The van der Waals surface area contributed by atoms with Crippen LogP contribution in [0.1, 0.15) is 33.6 Å². The van der Waals surface area contributed by atoms with Crippen molar-refractivity contribution in [1.29, 1.82) is 0 Å². The van der Waals surface area contributed by atoms with Crippen LogP contribution in [0.25, 0.3) is 0 Å². The molecule has 0 aromatic carbocycles. The van der Waals surface area contributed by atoms with Gasteiger partial charge in [-0.25, -0.2) is 0 Å². The Balaban J connectivity index is 2.46. The molecule has 1 aliphatic heterocycles. The van der Waals surface area contributed by atoms with Crippen molar-refractivity contribution < 1.29 is 9.53 Å². The van der Waals surface area contributed by atoms with E-state index in [9.17, 15) is 4.79 Å². The fourth-order valence-electron chi connectivity index (χ4n) is 2.46. The molecule has 0 saturated carbocycles. The van der Waals surface area contributed by atoms with E-state index < -0.39 is 0 Å². The molecule has 1 saturated heterocycles. The van der Waals surface area contributed by atoms with E-state index in [1.807, 2.05) is 6.92 Å². The molecule has 1 rings (SSSR count). The summed E-state index contributed by atoms with van der Waals surface area (Å²) in [6.45, 7) is 8.43. The molecule has 0 aromatic heterocycles. The molecule has 2 atom stereocenters. The van der Waals surface area contributed by atoms with E-state index in [0.29, 0.717) is 12.0 Å². The Labute approximate surface area is 92.8 Å². The number of carbonyl (C=O) groups excluding carboxylic acids is 1. The Morgan fingerprint density at radius 1 is 1.47 bits per heavy atom. The summed E-state index contributed by atoms with van der Waals surface area (Å²) in [5, 5.41) is 0. The molecule has 2 unspecified atom stereocenters. The van der Waals surface area contributed by atoms with Gasteiger partial charge in [-0.2, -0.15) is 0 Å². The minimum atomic E-state index is -0.0931. The van der Waals surface area contributed by atoms with Crippen molar-refractivity contribution in [2.75, 3.05) is 20.2 Å². The van der Waals surface area contributed by atoms with Crippen LogP contribution in [-0.4, -0.2) is 37.1 Å². The predicted molar refractivity (Wildman–Crippen MR) is 60.6 cm³/mol. The molecule has 0 amide bonds. The first-order valence-corrected chi connectivity index (χ1v) is 5.88. The van der Waals surface area contributed by atoms with E-state index >= 15 is 0 Å². The minimum absolute atomic E-state index is 0.00523. The highest BCUT2D eigenvalue weighted by Gasteiger charge is 2.29. The van der Waals surface area contributed by atoms with Gasteiger partial charge in [0.1, 0.15) is 0 Å². The zero-order valence-corrected chi connectivity index (χ0v) is 10.3. The average molecular weight is 213 g/mol. The molecule has 3 heteroatoms. The number of esters is 1. The highest BCUT2D eigenvalue weighted by molar-refractivity contribution is 5.72. The Hall–Kier alpha value is -0.570. The van der Waals surface area contributed by atoms with Crippen LogP contribution >= 0.6 is 0 Å². The normalized spacial score (nSPS) is 24.5. The zero-order valence-electron chi connectivity index (χ0n) is 10.3. The molecule has 3 nitrogen and oxygen atoms in total. The number of rotatable bonds is 4. The molecule has 1 aliphatic rings. The molecule has 0 bridgehead atoms. The fraction of sp³-hybridized carbons (Fsp3) is 0.917. The van der Waals surface area contributed by atoms with Crippen LogP contribution in [-0.2, 0) is 9.53 Å². The maximum atomic E-state index is 11.3. The largest absolute Gasteiger partial charge is 0.469 e. The third kappa shape index (κ3) is 3.20. The Morgan fingerprint density at radius 3 is 2.67 bits per heavy atom. The van der Waals surface area contributed by atoms with Gasteiger partial charge in [0, 0.05) is 12.6 Å². The maximum Gasteiger partial charge on any atom is 0.309 e. The third-order valence-corrected chi connectivity index (χ3v) is 3.30. The minimum Gasteiger partial charge on any atom is -0.469 e. The molecule has 0 aromatic rings. The molecule has 0 N–H and O–H groups in total. The van der Waals surface area contributed by atoms with Crippen molar-refractivity contribution in [3.63, 3.8) is 0 Å². The number of carbonyl (C=O) groups is 1. The van der Waals surface area contributed by atoms with Crippen molar-refractivity contribution in [3.8, 4) is 0 Å². The fourth-order valence-corrected chi connectivity index (χ4v) is 2.46. The monoisotopic (exact) mass is 213 g/mol. The van der Waals surface area contributed by atoms with E-state index in [4.69, 9.17) is 4.74 Å². The van der Waals surface area contributed by atoms with Crippen LogP contribution in [0.15, 0.2) is 0 Å². The second-order valence-corrected chi connectivity index (χ2v) is 4.87. The Bertz CT molecular complexity index is 216. The molecule has 0 aliphatic carbocycles. The van der Waals surface area contributed by atoms with E-state index in [1.165, 1.54) is 20.0 Å². The zero-order chi connectivity index (χ0) is 11.4. The highest BCUT2D eigenvalue weighted by atomic mass is 16.5. The van der Waals surface area contributed by atoms with E-state index in [0.717, 1.165) is 13.1 Å². The van der Waals surface area contributed by atoms with Crippen LogP contribution in [0.3, 0.4) is 0 Å². The molecule has 0 radical (unpaired) electrons. The Morgan fingerprint density at radius 2 is 2.13 bits per heavy atom. The summed E-state index contributed by atoms with van der Waals surface area (Å²) in [6.07, 6.45) is 2.53. The molecule has 88 valence electrons. The number of methoxy groups -OCH3 is 1. The van der Waals surface area contributed by atoms with E-state index in [1.54, 1.807) is 0 Å². The summed E-state index contributed by atoms with van der Waals surface area (Å²) in [4.78, 5) is 13.8. The number of hydrogen-bond acceptors (Lipinski definition) is 3. The lowest BCUT2D eigenvalue weighted by molar-refractivity contribution is -0.145. The number of hydrogen-bond donors (Lipinski definition) is 0. The van der Waals surface area contributed by atoms with Crippen LogP contribution in [0, 0.1) is 11.8 Å². The van der Waals surface area contributed by atoms with Gasteiger partial charge >= 0.3 is 5.97 Å². The van der Waals surface area contributed by atoms with Crippen LogP contribution in [0.2, 0.25) is 0 Å². The third-order valence-electron chi connectivity index (χ3n) is 3.30. The van der Waals surface area contributed by atoms with Crippen LogP contribution in [0.4, 0.5) is 0 Å². The van der Waals surface area contributed by atoms with Crippen molar-refractivity contribution >= 4 is 5.97 Å². The second-order valence-electron chi connectivity index (χ2n) is 4.87. The van der Waals surface area contributed by atoms with Gasteiger partial charge < -0.3 is 4.74 Å². The summed E-state index contributed by atoms with van der Waals surface area (Å²) >= 11 is 0. The first kappa shape index (κ1) is 12.5. The first-order chi connectivity index (χ1) is 7.06. The SMILES string of the molecule is COC(=O)C(C)CN1CCCC1C(C)C. The topological polar surface area (TPSA) is 29.5 Å². The smallest absolute Gasteiger partial charge is 0.309 e. The van der Waals surface area contributed by atoms with Crippen LogP contribution < -0.4 is 0 Å². The van der Waals surface area contributed by atoms with Gasteiger partial charge in [-0.1, -0.05) is 20.8 Å². The average Bonchev–Trinajstić information content (AvgIpc) is 2.64. The number of ether oxygens (including phenoxy) is 1. The Kier molecular flexibility index (Phi) is 4.58.